The first-order valence-electron chi connectivity index (χ1n) is 6.00. The number of hydrogen-bond acceptors (Lipinski definition) is 4. The molecule has 1 atom stereocenters. The van der Waals surface area contributed by atoms with Crippen molar-refractivity contribution in [3.63, 3.8) is 0 Å². The Morgan fingerprint density at radius 2 is 2.21 bits per heavy atom. The summed E-state index contributed by atoms with van der Waals surface area (Å²) in [6, 6.07) is 6.58. The number of benzene rings is 1. The van der Waals surface area contributed by atoms with Crippen molar-refractivity contribution in [1.29, 1.82) is 0 Å². The third-order valence-corrected chi connectivity index (χ3v) is 3.04. The molecule has 5 nitrogen and oxygen atoms in total. The van der Waals surface area contributed by atoms with Crippen molar-refractivity contribution in [2.45, 2.75) is 19.1 Å². The maximum atomic E-state index is 12.2. The predicted molar refractivity (Wildman–Crippen MR) is 68.3 cm³/mol. The summed E-state index contributed by atoms with van der Waals surface area (Å²) in [5, 5.41) is 10.7. The molecule has 1 aliphatic rings. The van der Waals surface area contributed by atoms with Gasteiger partial charge in [0, 0.05) is 17.5 Å². The Bertz CT molecular complexity index is 540. The molecule has 1 N–H and O–H groups in total. The molecule has 1 aromatic carbocycles. The Kier molecular flexibility index (Phi) is 3.40. The quantitative estimate of drug-likeness (QED) is 0.845. The monoisotopic (exact) mass is 261 g/mol. The van der Waals surface area contributed by atoms with E-state index in [0.717, 1.165) is 4.90 Å². The summed E-state index contributed by atoms with van der Waals surface area (Å²) in [7, 11) is 0. The Labute approximate surface area is 111 Å². The number of carbonyl (C=O) groups is 2. The van der Waals surface area contributed by atoms with Crippen LogP contribution in [0.2, 0.25) is 0 Å². The van der Waals surface area contributed by atoms with Crippen LogP contribution in [0.5, 0.6) is 0 Å². The molecule has 1 aliphatic heterocycles. The molecule has 100 valence electrons. The summed E-state index contributed by atoms with van der Waals surface area (Å²) in [6.45, 7) is 5.32. The number of amides is 2. The zero-order valence-corrected chi connectivity index (χ0v) is 10.6. The zero-order chi connectivity index (χ0) is 14.0. The average Bonchev–Trinajstić information content (AvgIpc) is 2.60. The molecular weight excluding hydrogens is 246 g/mol. The van der Waals surface area contributed by atoms with Crippen molar-refractivity contribution in [1.82, 2.24) is 4.90 Å². The minimum atomic E-state index is -1.72. The minimum Gasteiger partial charge on any atom is -0.449 e. The highest BCUT2D eigenvalue weighted by molar-refractivity contribution is 6.07. The highest BCUT2D eigenvalue weighted by Crippen LogP contribution is 2.40. The Morgan fingerprint density at radius 3 is 2.84 bits per heavy atom. The maximum absolute atomic E-state index is 12.2. The van der Waals surface area contributed by atoms with Gasteiger partial charge in [0.05, 0.1) is 6.61 Å². The third-order valence-electron chi connectivity index (χ3n) is 3.04. The van der Waals surface area contributed by atoms with Gasteiger partial charge in [-0.05, 0) is 13.0 Å². The second kappa shape index (κ2) is 4.85. The molecule has 2 amide bonds. The normalized spacial score (nSPS) is 21.2. The molecule has 0 radical (unpaired) electrons. The second-order valence-corrected chi connectivity index (χ2v) is 4.19. The van der Waals surface area contributed by atoms with Crippen molar-refractivity contribution in [3.05, 3.63) is 48.0 Å². The number of carbonyl (C=O) groups excluding carboxylic acids is 2. The molecule has 1 heterocycles. The van der Waals surface area contributed by atoms with Gasteiger partial charge in [0.15, 0.2) is 5.72 Å². The van der Waals surface area contributed by atoms with E-state index in [1.54, 1.807) is 31.2 Å². The summed E-state index contributed by atoms with van der Waals surface area (Å²) in [4.78, 5) is 24.9. The van der Waals surface area contributed by atoms with Crippen LogP contribution >= 0.6 is 0 Å². The number of hydrogen-bond donors (Lipinski definition) is 1. The van der Waals surface area contributed by atoms with Crippen LogP contribution in [0.3, 0.4) is 0 Å². The Morgan fingerprint density at radius 1 is 1.53 bits per heavy atom. The van der Waals surface area contributed by atoms with Crippen molar-refractivity contribution in [3.8, 4) is 0 Å². The van der Waals surface area contributed by atoms with Crippen molar-refractivity contribution >= 4 is 12.0 Å². The topological polar surface area (TPSA) is 66.8 Å². The lowest BCUT2D eigenvalue weighted by Gasteiger charge is -2.30. The SMILES string of the molecule is C=CCC1(O)c2ccccc2C(=O)N1C(=O)OCC. The Hall–Kier alpha value is -2.14. The standard InChI is InChI=1S/C14H15NO4/c1-3-9-14(18)11-8-6-5-7-10(11)12(16)15(14)13(17)19-4-2/h3,5-8,18H,1,4,9H2,2H3. The highest BCUT2D eigenvalue weighted by atomic mass is 16.6. The molecular formula is C14H15NO4. The van der Waals surface area contributed by atoms with Gasteiger partial charge in [0.1, 0.15) is 0 Å². The van der Waals surface area contributed by atoms with Crippen molar-refractivity contribution in [2.24, 2.45) is 0 Å². The molecule has 19 heavy (non-hydrogen) atoms. The fourth-order valence-electron chi connectivity index (χ4n) is 2.25. The Balaban J connectivity index is 2.53. The lowest BCUT2D eigenvalue weighted by atomic mass is 9.98. The molecule has 0 saturated heterocycles. The van der Waals surface area contributed by atoms with E-state index in [4.69, 9.17) is 4.74 Å². The third kappa shape index (κ3) is 1.92. The molecule has 2 rings (SSSR count). The summed E-state index contributed by atoms with van der Waals surface area (Å²) >= 11 is 0. The molecule has 0 aliphatic carbocycles. The zero-order valence-electron chi connectivity index (χ0n) is 10.6. The molecule has 1 aromatic rings. The summed E-state index contributed by atoms with van der Waals surface area (Å²) < 4.78 is 4.84. The minimum absolute atomic E-state index is 0.0502. The van der Waals surface area contributed by atoms with Gasteiger partial charge in [-0.1, -0.05) is 24.3 Å². The molecule has 0 fully saturated rings. The van der Waals surface area contributed by atoms with E-state index < -0.39 is 17.7 Å². The lowest BCUT2D eigenvalue weighted by molar-refractivity contribution is -0.0724. The van der Waals surface area contributed by atoms with Crippen molar-refractivity contribution in [2.75, 3.05) is 6.61 Å². The number of ether oxygens (including phenoxy) is 1. The molecule has 0 aromatic heterocycles. The first-order chi connectivity index (χ1) is 9.06. The van der Waals surface area contributed by atoms with E-state index in [1.165, 1.54) is 6.08 Å². The molecule has 5 heteroatoms. The van der Waals surface area contributed by atoms with Crippen LogP contribution in [0.25, 0.3) is 0 Å². The number of nitrogens with zero attached hydrogens (tertiary/aromatic N) is 1. The molecule has 0 saturated carbocycles. The predicted octanol–water partition coefficient (Wildman–Crippen LogP) is 2.02. The summed E-state index contributed by atoms with van der Waals surface area (Å²) in [5.74, 6) is -0.557. The average molecular weight is 261 g/mol. The highest BCUT2D eigenvalue weighted by Gasteiger charge is 2.51. The van der Waals surface area contributed by atoms with Crippen molar-refractivity contribution < 1.29 is 19.4 Å². The van der Waals surface area contributed by atoms with E-state index in [-0.39, 0.29) is 13.0 Å². The van der Waals surface area contributed by atoms with Crippen LogP contribution in [-0.2, 0) is 10.5 Å². The first kappa shape index (κ1) is 13.3. The molecule has 0 spiro atoms. The molecule has 1 unspecified atom stereocenters. The van der Waals surface area contributed by atoms with Crippen LogP contribution in [0.4, 0.5) is 4.79 Å². The first-order valence-corrected chi connectivity index (χ1v) is 6.00. The number of imide groups is 1. The van der Waals surface area contributed by atoms with Crippen LogP contribution in [-0.4, -0.2) is 28.6 Å². The van der Waals surface area contributed by atoms with E-state index in [1.807, 2.05) is 0 Å². The van der Waals surface area contributed by atoms with E-state index in [9.17, 15) is 14.7 Å². The van der Waals surface area contributed by atoms with Gasteiger partial charge < -0.3 is 9.84 Å². The van der Waals surface area contributed by atoms with Gasteiger partial charge in [-0.25, -0.2) is 9.69 Å². The fourth-order valence-corrected chi connectivity index (χ4v) is 2.25. The largest absolute Gasteiger partial charge is 0.449 e. The van der Waals surface area contributed by atoms with Gasteiger partial charge in [0.2, 0.25) is 0 Å². The van der Waals surface area contributed by atoms with Crippen LogP contribution < -0.4 is 0 Å². The summed E-state index contributed by atoms with van der Waals surface area (Å²) in [6.07, 6.45) is 0.656. The smallest absolute Gasteiger partial charge is 0.419 e. The van der Waals surface area contributed by atoms with E-state index in [0.29, 0.717) is 11.1 Å². The van der Waals surface area contributed by atoms with Crippen LogP contribution in [0.1, 0.15) is 29.3 Å². The van der Waals surface area contributed by atoms with E-state index in [2.05, 4.69) is 6.58 Å². The summed E-state index contributed by atoms with van der Waals surface area (Å²) in [5.41, 5.74) is -1.02. The lowest BCUT2D eigenvalue weighted by Crippen LogP contribution is -2.47. The number of aliphatic hydroxyl groups is 1. The van der Waals surface area contributed by atoms with Gasteiger partial charge in [-0.3, -0.25) is 4.79 Å². The number of rotatable bonds is 3. The van der Waals surface area contributed by atoms with Gasteiger partial charge in [0.25, 0.3) is 5.91 Å². The second-order valence-electron chi connectivity index (χ2n) is 4.19. The maximum Gasteiger partial charge on any atom is 0.419 e. The number of fused-ring (bicyclic) bond motifs is 1. The van der Waals surface area contributed by atoms with Gasteiger partial charge >= 0.3 is 6.09 Å². The van der Waals surface area contributed by atoms with Gasteiger partial charge in [-0.15, -0.1) is 6.58 Å². The van der Waals surface area contributed by atoms with E-state index >= 15 is 0 Å². The fraction of sp³-hybridized carbons (Fsp3) is 0.286. The van der Waals surface area contributed by atoms with Crippen LogP contribution in [0, 0.1) is 0 Å². The molecule has 0 bridgehead atoms. The van der Waals surface area contributed by atoms with Crippen LogP contribution in [0.15, 0.2) is 36.9 Å². The van der Waals surface area contributed by atoms with Gasteiger partial charge in [-0.2, -0.15) is 0 Å².